The SMILES string of the molecule is C=CCN(C)C(=O)C1CN2CCC1CC2Cn1cc(-c2ccc(-c3ccccc3)cc2)nn1. The number of likely N-dealkylation sites (N-methyl/N-ethyl adjacent to an activating group) is 1. The Morgan fingerprint density at radius 3 is 2.55 bits per heavy atom. The van der Waals surface area contributed by atoms with E-state index < -0.39 is 0 Å². The number of benzene rings is 2. The fourth-order valence-electron chi connectivity index (χ4n) is 5.37. The third-order valence-corrected chi connectivity index (χ3v) is 7.20. The zero-order chi connectivity index (χ0) is 22.8. The topological polar surface area (TPSA) is 54.3 Å². The van der Waals surface area contributed by atoms with Gasteiger partial charge in [-0.15, -0.1) is 11.7 Å². The van der Waals surface area contributed by atoms with Crippen LogP contribution in [0.1, 0.15) is 12.8 Å². The molecule has 0 spiro atoms. The molecule has 3 aliphatic heterocycles. The molecule has 3 aliphatic rings. The van der Waals surface area contributed by atoms with Gasteiger partial charge in [-0.05, 0) is 36.4 Å². The third kappa shape index (κ3) is 4.48. The van der Waals surface area contributed by atoms with Gasteiger partial charge in [-0.25, -0.2) is 0 Å². The maximum absolute atomic E-state index is 12.8. The zero-order valence-corrected chi connectivity index (χ0v) is 19.2. The summed E-state index contributed by atoms with van der Waals surface area (Å²) in [6.45, 7) is 7.09. The van der Waals surface area contributed by atoms with Crippen LogP contribution < -0.4 is 0 Å². The lowest BCUT2D eigenvalue weighted by molar-refractivity contribution is -0.142. The van der Waals surface area contributed by atoms with Crippen molar-refractivity contribution in [1.82, 2.24) is 24.8 Å². The Labute approximate surface area is 195 Å². The average molecular weight is 442 g/mol. The quantitative estimate of drug-likeness (QED) is 0.521. The molecule has 6 nitrogen and oxygen atoms in total. The highest BCUT2D eigenvalue weighted by atomic mass is 16.2. The summed E-state index contributed by atoms with van der Waals surface area (Å²) in [6.07, 6.45) is 5.98. The number of carbonyl (C=O) groups excluding carboxylic acids is 1. The van der Waals surface area contributed by atoms with Crippen LogP contribution in [0.3, 0.4) is 0 Å². The molecule has 0 radical (unpaired) electrons. The molecule has 4 heterocycles. The number of fused-ring (bicyclic) bond motifs is 3. The minimum atomic E-state index is 0.106. The number of carbonyl (C=O) groups is 1. The summed E-state index contributed by atoms with van der Waals surface area (Å²) in [5, 5.41) is 8.84. The Balaban J connectivity index is 1.23. The molecule has 6 rings (SSSR count). The largest absolute Gasteiger partial charge is 0.342 e. The van der Waals surface area contributed by atoms with Crippen molar-refractivity contribution in [1.29, 1.82) is 0 Å². The average Bonchev–Trinajstić information content (AvgIpc) is 3.33. The first kappa shape index (κ1) is 21.6. The van der Waals surface area contributed by atoms with Gasteiger partial charge < -0.3 is 4.90 Å². The minimum Gasteiger partial charge on any atom is -0.342 e. The Morgan fingerprint density at radius 1 is 1.12 bits per heavy atom. The van der Waals surface area contributed by atoms with E-state index in [1.54, 1.807) is 11.0 Å². The van der Waals surface area contributed by atoms with E-state index in [9.17, 15) is 4.79 Å². The van der Waals surface area contributed by atoms with Gasteiger partial charge in [-0.1, -0.05) is 65.9 Å². The lowest BCUT2D eigenvalue weighted by Crippen LogP contribution is -2.58. The highest BCUT2D eigenvalue weighted by Gasteiger charge is 2.44. The molecular formula is C27H31N5O. The van der Waals surface area contributed by atoms with Gasteiger partial charge in [0.1, 0.15) is 5.69 Å². The second-order valence-corrected chi connectivity index (χ2v) is 9.32. The third-order valence-electron chi connectivity index (χ3n) is 7.20. The molecule has 2 aromatic carbocycles. The van der Waals surface area contributed by atoms with Crippen molar-refractivity contribution in [3.63, 3.8) is 0 Å². The van der Waals surface area contributed by atoms with Crippen LogP contribution >= 0.6 is 0 Å². The highest BCUT2D eigenvalue weighted by Crippen LogP contribution is 2.37. The van der Waals surface area contributed by atoms with Gasteiger partial charge in [-0.3, -0.25) is 14.4 Å². The van der Waals surface area contributed by atoms with Crippen LogP contribution in [-0.2, 0) is 11.3 Å². The molecule has 1 amide bonds. The Hall–Kier alpha value is -3.25. The van der Waals surface area contributed by atoms with Crippen LogP contribution in [0.4, 0.5) is 0 Å². The van der Waals surface area contributed by atoms with Gasteiger partial charge >= 0.3 is 0 Å². The van der Waals surface area contributed by atoms with Crippen LogP contribution in [0.15, 0.2) is 73.4 Å². The number of piperidine rings is 3. The molecule has 2 bridgehead atoms. The van der Waals surface area contributed by atoms with Crippen molar-refractivity contribution >= 4 is 5.91 Å². The second-order valence-electron chi connectivity index (χ2n) is 9.32. The van der Waals surface area contributed by atoms with Crippen molar-refractivity contribution in [2.24, 2.45) is 11.8 Å². The van der Waals surface area contributed by atoms with Gasteiger partial charge in [0.25, 0.3) is 0 Å². The lowest BCUT2D eigenvalue weighted by atomic mass is 9.75. The smallest absolute Gasteiger partial charge is 0.227 e. The Morgan fingerprint density at radius 2 is 1.85 bits per heavy atom. The molecule has 0 aliphatic carbocycles. The summed E-state index contributed by atoms with van der Waals surface area (Å²) in [5.41, 5.74) is 4.37. The summed E-state index contributed by atoms with van der Waals surface area (Å²) in [6, 6.07) is 19.3. The van der Waals surface area contributed by atoms with Gasteiger partial charge in [0, 0.05) is 31.7 Å². The standard InChI is InChI=1S/C27H31N5O/c1-3-14-30(2)27(33)25-18-31-15-13-23(25)16-24(31)17-32-19-26(28-29-32)22-11-9-21(10-12-22)20-7-5-4-6-8-20/h3-12,19,23-25H,1,13-18H2,2H3. The Bertz CT molecular complexity index is 1110. The predicted molar refractivity (Wildman–Crippen MR) is 130 cm³/mol. The summed E-state index contributed by atoms with van der Waals surface area (Å²) < 4.78 is 1.96. The molecule has 4 unspecified atom stereocenters. The van der Waals surface area contributed by atoms with E-state index >= 15 is 0 Å². The second kappa shape index (κ2) is 9.32. The maximum atomic E-state index is 12.8. The van der Waals surface area contributed by atoms with E-state index in [0.717, 1.165) is 43.7 Å². The number of hydrogen-bond donors (Lipinski definition) is 0. The first-order chi connectivity index (χ1) is 16.1. The van der Waals surface area contributed by atoms with Crippen LogP contribution in [-0.4, -0.2) is 63.4 Å². The molecule has 3 saturated heterocycles. The van der Waals surface area contributed by atoms with Crippen LogP contribution in [0, 0.1) is 11.8 Å². The van der Waals surface area contributed by atoms with Crippen LogP contribution in [0.5, 0.6) is 0 Å². The molecule has 6 heteroatoms. The number of hydrogen-bond acceptors (Lipinski definition) is 4. The first-order valence-electron chi connectivity index (χ1n) is 11.8. The fourth-order valence-corrected chi connectivity index (χ4v) is 5.37. The molecule has 0 N–H and O–H groups in total. The Kier molecular flexibility index (Phi) is 6.09. The van der Waals surface area contributed by atoms with E-state index in [-0.39, 0.29) is 11.8 Å². The van der Waals surface area contributed by atoms with Crippen LogP contribution in [0.25, 0.3) is 22.4 Å². The van der Waals surface area contributed by atoms with Crippen molar-refractivity contribution < 1.29 is 4.79 Å². The van der Waals surface area contributed by atoms with Gasteiger partial charge in [0.05, 0.1) is 18.7 Å². The molecule has 0 saturated carbocycles. The van der Waals surface area contributed by atoms with E-state index in [2.05, 4.69) is 70.3 Å². The van der Waals surface area contributed by atoms with Crippen molar-refractivity contribution in [2.45, 2.75) is 25.4 Å². The molecule has 4 atom stereocenters. The summed E-state index contributed by atoms with van der Waals surface area (Å²) in [5.74, 6) is 0.813. The van der Waals surface area contributed by atoms with E-state index in [4.69, 9.17) is 0 Å². The van der Waals surface area contributed by atoms with Gasteiger partial charge in [0.2, 0.25) is 5.91 Å². The number of aromatic nitrogens is 3. The van der Waals surface area contributed by atoms with Crippen molar-refractivity contribution in [3.8, 4) is 22.4 Å². The van der Waals surface area contributed by atoms with Crippen molar-refractivity contribution in [2.75, 3.05) is 26.7 Å². The number of amides is 1. The predicted octanol–water partition coefficient (Wildman–Crippen LogP) is 3.97. The molecule has 3 fully saturated rings. The first-order valence-corrected chi connectivity index (χ1v) is 11.8. The highest BCUT2D eigenvalue weighted by molar-refractivity contribution is 5.79. The normalized spacial score (nSPS) is 23.9. The zero-order valence-electron chi connectivity index (χ0n) is 19.2. The van der Waals surface area contributed by atoms with E-state index in [0.29, 0.717) is 18.5 Å². The molecule has 1 aromatic heterocycles. The summed E-state index contributed by atoms with van der Waals surface area (Å²) in [7, 11) is 1.88. The fraction of sp³-hybridized carbons (Fsp3) is 0.370. The molecule has 3 aromatic rings. The lowest BCUT2D eigenvalue weighted by Gasteiger charge is -2.49. The molecular weight excluding hydrogens is 410 g/mol. The van der Waals surface area contributed by atoms with E-state index in [1.807, 2.05) is 24.0 Å². The molecule has 33 heavy (non-hydrogen) atoms. The van der Waals surface area contributed by atoms with Gasteiger partial charge in [0.15, 0.2) is 0 Å². The van der Waals surface area contributed by atoms with E-state index in [1.165, 1.54) is 11.1 Å². The van der Waals surface area contributed by atoms with Crippen LogP contribution in [0.2, 0.25) is 0 Å². The van der Waals surface area contributed by atoms with Crippen molar-refractivity contribution in [3.05, 3.63) is 73.4 Å². The number of nitrogens with zero attached hydrogens (tertiary/aromatic N) is 5. The summed E-state index contributed by atoms with van der Waals surface area (Å²) >= 11 is 0. The maximum Gasteiger partial charge on any atom is 0.227 e. The summed E-state index contributed by atoms with van der Waals surface area (Å²) in [4.78, 5) is 17.1. The minimum absolute atomic E-state index is 0.106. The number of rotatable bonds is 7. The monoisotopic (exact) mass is 441 g/mol. The molecule has 170 valence electrons. The van der Waals surface area contributed by atoms with Gasteiger partial charge in [-0.2, -0.15) is 0 Å².